The second-order valence-corrected chi connectivity index (χ2v) is 4.16. The SMILES string of the molecule is O=C(NCCCl)NCc1nnnn1-c1ccc(F)cc1. The summed E-state index contributed by atoms with van der Waals surface area (Å²) in [6.45, 7) is 0.509. The number of benzene rings is 1. The van der Waals surface area contributed by atoms with Crippen molar-refractivity contribution in [1.29, 1.82) is 0 Å². The van der Waals surface area contributed by atoms with Crippen LogP contribution in [0.25, 0.3) is 5.69 Å². The van der Waals surface area contributed by atoms with E-state index in [9.17, 15) is 9.18 Å². The second-order valence-electron chi connectivity index (χ2n) is 3.78. The lowest BCUT2D eigenvalue weighted by molar-refractivity contribution is 0.240. The smallest absolute Gasteiger partial charge is 0.315 e. The summed E-state index contributed by atoms with van der Waals surface area (Å²) in [7, 11) is 0. The Morgan fingerprint density at radius 2 is 2.05 bits per heavy atom. The zero-order valence-corrected chi connectivity index (χ0v) is 11.1. The molecule has 9 heteroatoms. The van der Waals surface area contributed by atoms with Gasteiger partial charge < -0.3 is 10.6 Å². The van der Waals surface area contributed by atoms with Crippen LogP contribution in [0.15, 0.2) is 24.3 Å². The van der Waals surface area contributed by atoms with E-state index in [1.54, 1.807) is 12.1 Å². The lowest BCUT2D eigenvalue weighted by Gasteiger charge is -2.07. The Hall–Kier alpha value is -2.22. The summed E-state index contributed by atoms with van der Waals surface area (Å²) in [5.41, 5.74) is 0.606. The van der Waals surface area contributed by atoms with E-state index in [2.05, 4.69) is 26.2 Å². The van der Waals surface area contributed by atoms with Crippen molar-refractivity contribution >= 4 is 17.6 Å². The molecule has 106 valence electrons. The van der Waals surface area contributed by atoms with Crippen molar-refractivity contribution in [2.24, 2.45) is 0 Å². The van der Waals surface area contributed by atoms with E-state index in [1.165, 1.54) is 16.8 Å². The lowest BCUT2D eigenvalue weighted by Crippen LogP contribution is -2.36. The first-order valence-corrected chi connectivity index (χ1v) is 6.35. The van der Waals surface area contributed by atoms with E-state index in [4.69, 9.17) is 11.6 Å². The summed E-state index contributed by atoms with van der Waals surface area (Å²) < 4.78 is 14.3. The quantitative estimate of drug-likeness (QED) is 0.801. The van der Waals surface area contributed by atoms with Gasteiger partial charge in [-0.2, -0.15) is 4.68 Å². The number of nitrogens with one attached hydrogen (secondary N) is 2. The summed E-state index contributed by atoms with van der Waals surface area (Å²) in [6.07, 6.45) is 0. The van der Waals surface area contributed by atoms with Gasteiger partial charge in [-0.15, -0.1) is 16.7 Å². The van der Waals surface area contributed by atoms with Gasteiger partial charge >= 0.3 is 6.03 Å². The van der Waals surface area contributed by atoms with Gasteiger partial charge in [0, 0.05) is 12.4 Å². The normalized spacial score (nSPS) is 10.3. The van der Waals surface area contributed by atoms with Crippen LogP contribution >= 0.6 is 11.6 Å². The minimum Gasteiger partial charge on any atom is -0.337 e. The Morgan fingerprint density at radius 3 is 2.75 bits per heavy atom. The molecular weight excluding hydrogens is 287 g/mol. The molecule has 0 bridgehead atoms. The summed E-state index contributed by atoms with van der Waals surface area (Å²) in [4.78, 5) is 11.4. The van der Waals surface area contributed by atoms with Gasteiger partial charge in [-0.25, -0.2) is 9.18 Å². The van der Waals surface area contributed by atoms with Gasteiger partial charge in [0.2, 0.25) is 0 Å². The Kier molecular flexibility index (Phi) is 4.83. The van der Waals surface area contributed by atoms with Crippen molar-refractivity contribution in [2.45, 2.75) is 6.54 Å². The number of amides is 2. The zero-order chi connectivity index (χ0) is 14.4. The Labute approximate surface area is 119 Å². The van der Waals surface area contributed by atoms with E-state index in [1.807, 2.05) is 0 Å². The standard InChI is InChI=1S/C11H12ClFN6O/c12-5-6-14-11(20)15-7-10-16-17-18-19(10)9-3-1-8(13)2-4-9/h1-4H,5-7H2,(H2,14,15,20). The van der Waals surface area contributed by atoms with E-state index < -0.39 is 0 Å². The van der Waals surface area contributed by atoms with Crippen LogP contribution in [-0.2, 0) is 6.54 Å². The molecule has 0 radical (unpaired) electrons. The number of aromatic nitrogens is 4. The number of hydrogen-bond acceptors (Lipinski definition) is 4. The highest BCUT2D eigenvalue weighted by Gasteiger charge is 2.09. The molecule has 0 unspecified atom stereocenters. The second kappa shape index (κ2) is 6.80. The molecule has 0 aliphatic heterocycles. The number of carbonyl (C=O) groups is 1. The van der Waals surface area contributed by atoms with E-state index >= 15 is 0 Å². The Morgan fingerprint density at radius 1 is 1.30 bits per heavy atom. The van der Waals surface area contributed by atoms with Crippen molar-refractivity contribution in [3.63, 3.8) is 0 Å². The Bertz CT molecular complexity index is 573. The highest BCUT2D eigenvalue weighted by atomic mass is 35.5. The third kappa shape index (κ3) is 3.64. The highest BCUT2D eigenvalue weighted by Crippen LogP contribution is 2.08. The van der Waals surface area contributed by atoms with Gasteiger partial charge in [-0.05, 0) is 34.7 Å². The molecule has 0 aliphatic rings. The van der Waals surface area contributed by atoms with Gasteiger partial charge in [0.25, 0.3) is 0 Å². The molecule has 20 heavy (non-hydrogen) atoms. The van der Waals surface area contributed by atoms with Crippen LogP contribution in [0.4, 0.5) is 9.18 Å². The van der Waals surface area contributed by atoms with E-state index in [0.717, 1.165) is 0 Å². The molecule has 1 heterocycles. The van der Waals surface area contributed by atoms with Gasteiger partial charge in [0.15, 0.2) is 5.82 Å². The van der Waals surface area contributed by atoms with Crippen LogP contribution in [0.2, 0.25) is 0 Å². The number of nitrogens with zero attached hydrogens (tertiary/aromatic N) is 4. The third-order valence-electron chi connectivity index (χ3n) is 2.39. The van der Waals surface area contributed by atoms with Crippen LogP contribution in [0.1, 0.15) is 5.82 Å². The number of carbonyl (C=O) groups excluding carboxylic acids is 1. The molecule has 1 aromatic carbocycles. The van der Waals surface area contributed by atoms with Gasteiger partial charge in [0.1, 0.15) is 5.82 Å². The summed E-state index contributed by atoms with van der Waals surface area (Å²) in [6, 6.07) is 5.34. The number of halogens is 2. The summed E-state index contributed by atoms with van der Waals surface area (Å²) >= 11 is 5.45. The molecule has 0 saturated carbocycles. The van der Waals surface area contributed by atoms with Crippen molar-refractivity contribution in [3.05, 3.63) is 35.9 Å². The maximum absolute atomic E-state index is 12.9. The minimum absolute atomic E-state index is 0.137. The third-order valence-corrected chi connectivity index (χ3v) is 2.58. The fourth-order valence-electron chi connectivity index (χ4n) is 1.48. The molecule has 1 aromatic heterocycles. The molecular formula is C11H12ClFN6O. The molecule has 2 N–H and O–H groups in total. The Balaban J connectivity index is 2.02. The summed E-state index contributed by atoms with van der Waals surface area (Å²) in [5, 5.41) is 16.3. The van der Waals surface area contributed by atoms with Gasteiger partial charge in [-0.1, -0.05) is 0 Å². The van der Waals surface area contributed by atoms with Crippen molar-refractivity contribution < 1.29 is 9.18 Å². The van der Waals surface area contributed by atoms with Gasteiger partial charge in [0.05, 0.1) is 12.2 Å². The number of urea groups is 1. The first-order valence-electron chi connectivity index (χ1n) is 5.81. The predicted octanol–water partition coefficient (Wildman–Crippen LogP) is 0.839. The number of rotatable bonds is 5. The maximum Gasteiger partial charge on any atom is 0.315 e. The molecule has 0 saturated heterocycles. The molecule has 2 amide bonds. The highest BCUT2D eigenvalue weighted by molar-refractivity contribution is 6.18. The molecule has 2 rings (SSSR count). The number of alkyl halides is 1. The molecule has 2 aromatic rings. The number of hydrogen-bond donors (Lipinski definition) is 2. The average Bonchev–Trinajstić information content (AvgIpc) is 2.92. The topological polar surface area (TPSA) is 84.7 Å². The van der Waals surface area contributed by atoms with Crippen molar-refractivity contribution in [1.82, 2.24) is 30.8 Å². The zero-order valence-electron chi connectivity index (χ0n) is 10.4. The van der Waals surface area contributed by atoms with Crippen LogP contribution in [0.3, 0.4) is 0 Å². The van der Waals surface area contributed by atoms with Crippen LogP contribution in [0.5, 0.6) is 0 Å². The van der Waals surface area contributed by atoms with Crippen LogP contribution in [0, 0.1) is 5.82 Å². The predicted molar refractivity (Wildman–Crippen MR) is 70.1 cm³/mol. The maximum atomic E-state index is 12.9. The average molecular weight is 299 g/mol. The molecule has 0 spiro atoms. The van der Waals surface area contributed by atoms with E-state index in [0.29, 0.717) is 23.9 Å². The molecule has 7 nitrogen and oxygen atoms in total. The van der Waals surface area contributed by atoms with Crippen molar-refractivity contribution in [2.75, 3.05) is 12.4 Å². The monoisotopic (exact) mass is 298 g/mol. The lowest BCUT2D eigenvalue weighted by atomic mass is 10.3. The van der Waals surface area contributed by atoms with Crippen molar-refractivity contribution in [3.8, 4) is 5.69 Å². The molecule has 0 fully saturated rings. The summed E-state index contributed by atoms with van der Waals surface area (Å²) in [5.74, 6) is 0.417. The van der Waals surface area contributed by atoms with E-state index in [-0.39, 0.29) is 18.4 Å². The largest absolute Gasteiger partial charge is 0.337 e. The fraction of sp³-hybridized carbons (Fsp3) is 0.273. The van der Waals surface area contributed by atoms with Crippen LogP contribution in [-0.4, -0.2) is 38.7 Å². The first kappa shape index (κ1) is 14.2. The fourth-order valence-corrected chi connectivity index (χ4v) is 1.58. The first-order chi connectivity index (χ1) is 9.70. The van der Waals surface area contributed by atoms with Crippen LogP contribution < -0.4 is 10.6 Å². The molecule has 0 atom stereocenters. The van der Waals surface area contributed by atoms with Gasteiger partial charge in [-0.3, -0.25) is 0 Å². The minimum atomic E-state index is -0.362. The molecule has 0 aliphatic carbocycles. The number of tetrazole rings is 1.